The number of amides is 1. The maximum absolute atomic E-state index is 14.2. The summed E-state index contributed by atoms with van der Waals surface area (Å²) in [4.78, 5) is 33.4. The molecule has 1 fully saturated rings. The van der Waals surface area contributed by atoms with Crippen LogP contribution in [0.4, 0.5) is 13.2 Å². The number of carbonyl (C=O) groups excluding carboxylic acids is 2. The van der Waals surface area contributed by atoms with Gasteiger partial charge >= 0.3 is 12.1 Å². The fraction of sp³-hybridized carbons (Fsp3) is 0.480. The Hall–Kier alpha value is -2.75. The van der Waals surface area contributed by atoms with E-state index < -0.39 is 35.6 Å². The number of aliphatic imine (C=N–C) groups is 1. The minimum Gasteiger partial charge on any atom is -0.459 e. The Morgan fingerprint density at radius 3 is 2.51 bits per heavy atom. The van der Waals surface area contributed by atoms with Gasteiger partial charge in [0.2, 0.25) is 5.91 Å². The number of esters is 1. The molecule has 1 aromatic carbocycles. The zero-order chi connectivity index (χ0) is 25.5. The fourth-order valence-corrected chi connectivity index (χ4v) is 5.46. The molecule has 1 amide bonds. The molecule has 0 spiro atoms. The van der Waals surface area contributed by atoms with Crippen molar-refractivity contribution >= 4 is 28.8 Å². The van der Waals surface area contributed by atoms with Crippen LogP contribution >= 0.6 is 11.8 Å². The monoisotopic (exact) mass is 507 g/mol. The van der Waals surface area contributed by atoms with Crippen molar-refractivity contribution in [2.45, 2.75) is 65.3 Å². The van der Waals surface area contributed by atoms with Crippen LogP contribution in [-0.2, 0) is 14.3 Å². The molecule has 35 heavy (non-hydrogen) atoms. The van der Waals surface area contributed by atoms with E-state index in [4.69, 9.17) is 4.74 Å². The molecule has 1 unspecified atom stereocenters. The Morgan fingerprint density at radius 2 is 1.89 bits per heavy atom. The first kappa shape index (κ1) is 25.3. The van der Waals surface area contributed by atoms with Gasteiger partial charge in [-0.3, -0.25) is 4.79 Å². The van der Waals surface area contributed by atoms with Crippen LogP contribution in [0.25, 0.3) is 0 Å². The topological polar surface area (TPSA) is 62.2 Å². The van der Waals surface area contributed by atoms with Crippen LogP contribution in [-0.4, -0.2) is 52.2 Å². The number of nitrogens with zero attached hydrogens (tertiary/aromatic N) is 3. The maximum Gasteiger partial charge on any atom is 0.434 e. The van der Waals surface area contributed by atoms with Crippen molar-refractivity contribution in [3.63, 3.8) is 0 Å². The molecule has 6 nitrogen and oxygen atoms in total. The number of benzene rings is 1. The molecule has 4 rings (SSSR count). The number of rotatable bonds is 5. The Bertz CT molecular complexity index is 1130. The zero-order valence-corrected chi connectivity index (χ0v) is 20.9. The Balaban J connectivity index is 1.86. The van der Waals surface area contributed by atoms with Crippen LogP contribution < -0.4 is 0 Å². The highest BCUT2D eigenvalue weighted by molar-refractivity contribution is 8.16. The highest BCUT2D eigenvalue weighted by atomic mass is 32.2. The molecule has 3 aliphatic heterocycles. The van der Waals surface area contributed by atoms with Gasteiger partial charge in [-0.15, -0.1) is 0 Å². The maximum atomic E-state index is 14.2. The summed E-state index contributed by atoms with van der Waals surface area (Å²) in [6.45, 7) is 8.15. The number of fused-ring (bicyclic) bond motifs is 1. The third-order valence-corrected chi connectivity index (χ3v) is 7.05. The molecular formula is C25H28F3N3O3S. The van der Waals surface area contributed by atoms with Crippen molar-refractivity contribution in [2.24, 2.45) is 4.99 Å². The summed E-state index contributed by atoms with van der Waals surface area (Å²) in [6, 6.07) is 4.33. The lowest BCUT2D eigenvalue weighted by Crippen LogP contribution is -2.41. The second-order valence-corrected chi connectivity index (χ2v) is 10.1. The number of hydrogen-bond acceptors (Lipinski definition) is 6. The molecule has 0 bridgehead atoms. The summed E-state index contributed by atoms with van der Waals surface area (Å²) < 4.78 is 48.0. The van der Waals surface area contributed by atoms with Gasteiger partial charge in [0, 0.05) is 18.8 Å². The smallest absolute Gasteiger partial charge is 0.434 e. The molecule has 1 atom stereocenters. The van der Waals surface area contributed by atoms with Gasteiger partial charge in [0.15, 0.2) is 10.9 Å². The van der Waals surface area contributed by atoms with Crippen LogP contribution in [0.3, 0.4) is 0 Å². The summed E-state index contributed by atoms with van der Waals surface area (Å²) in [7, 11) is 0. The zero-order valence-electron chi connectivity index (χ0n) is 20.1. The third-order valence-electron chi connectivity index (χ3n) is 6.16. The summed E-state index contributed by atoms with van der Waals surface area (Å²) in [5.41, 5.74) is 0.800. The van der Waals surface area contributed by atoms with E-state index in [0.717, 1.165) is 35.7 Å². The van der Waals surface area contributed by atoms with E-state index in [-0.39, 0.29) is 17.5 Å². The summed E-state index contributed by atoms with van der Waals surface area (Å²) in [5, 5.41) is 1.75. The molecule has 1 aromatic rings. The predicted molar refractivity (Wildman–Crippen MR) is 128 cm³/mol. The number of alkyl halides is 3. The molecule has 0 N–H and O–H groups in total. The molecule has 0 aliphatic carbocycles. The molecular weight excluding hydrogens is 479 g/mol. The van der Waals surface area contributed by atoms with Crippen LogP contribution in [0, 0.1) is 13.8 Å². The number of hydrogen-bond donors (Lipinski definition) is 0. The Morgan fingerprint density at radius 1 is 1.20 bits per heavy atom. The number of aryl methyl sites for hydroxylation is 2. The molecule has 0 saturated carbocycles. The predicted octanol–water partition coefficient (Wildman–Crippen LogP) is 5.38. The number of ether oxygens (including phenoxy) is 1. The first-order chi connectivity index (χ1) is 16.5. The normalized spacial score (nSPS) is 20.3. The van der Waals surface area contributed by atoms with E-state index in [9.17, 15) is 22.8 Å². The van der Waals surface area contributed by atoms with E-state index in [0.29, 0.717) is 24.4 Å². The minimum atomic E-state index is -4.87. The highest BCUT2D eigenvalue weighted by Crippen LogP contribution is 2.49. The number of carbonyl (C=O) groups is 2. The lowest BCUT2D eigenvalue weighted by molar-refractivity contribution is -0.145. The van der Waals surface area contributed by atoms with E-state index in [1.54, 1.807) is 42.0 Å². The van der Waals surface area contributed by atoms with Gasteiger partial charge in [-0.1, -0.05) is 35.5 Å². The number of likely N-dealkylation sites (tertiary alicyclic amines) is 1. The minimum absolute atomic E-state index is 0.0151. The van der Waals surface area contributed by atoms with Crippen molar-refractivity contribution in [1.29, 1.82) is 0 Å². The Labute approximate surface area is 206 Å². The van der Waals surface area contributed by atoms with Gasteiger partial charge in [-0.2, -0.15) is 13.2 Å². The van der Waals surface area contributed by atoms with E-state index in [1.165, 1.54) is 0 Å². The molecule has 188 valence electrons. The van der Waals surface area contributed by atoms with Crippen molar-refractivity contribution < 1.29 is 27.5 Å². The van der Waals surface area contributed by atoms with Gasteiger partial charge in [0.25, 0.3) is 0 Å². The summed E-state index contributed by atoms with van der Waals surface area (Å²) >= 11 is 1.03. The van der Waals surface area contributed by atoms with Gasteiger partial charge < -0.3 is 14.5 Å². The Kier molecular flexibility index (Phi) is 7.04. The molecule has 10 heteroatoms. The molecule has 1 saturated heterocycles. The first-order valence-electron chi connectivity index (χ1n) is 11.6. The average Bonchev–Trinajstić information content (AvgIpc) is 3.44. The van der Waals surface area contributed by atoms with Gasteiger partial charge in [-0.25, -0.2) is 9.79 Å². The van der Waals surface area contributed by atoms with Crippen LogP contribution in [0.15, 0.2) is 45.6 Å². The first-order valence-corrected chi connectivity index (χ1v) is 12.5. The quantitative estimate of drug-likeness (QED) is 0.501. The fourth-order valence-electron chi connectivity index (χ4n) is 4.54. The number of amidine groups is 1. The summed E-state index contributed by atoms with van der Waals surface area (Å²) in [6.07, 6.45) is -3.60. The summed E-state index contributed by atoms with van der Waals surface area (Å²) in [5.74, 6) is -1.16. The largest absolute Gasteiger partial charge is 0.459 e. The molecule has 3 heterocycles. The lowest BCUT2D eigenvalue weighted by atomic mass is 9.89. The van der Waals surface area contributed by atoms with E-state index >= 15 is 0 Å². The van der Waals surface area contributed by atoms with Gasteiger partial charge in [0.1, 0.15) is 0 Å². The highest BCUT2D eigenvalue weighted by Gasteiger charge is 2.49. The number of halogens is 3. The van der Waals surface area contributed by atoms with Gasteiger partial charge in [0.05, 0.1) is 24.1 Å². The van der Waals surface area contributed by atoms with Crippen LogP contribution in [0.2, 0.25) is 0 Å². The molecule has 3 aliphatic rings. The molecule has 0 radical (unpaired) electrons. The lowest BCUT2D eigenvalue weighted by Gasteiger charge is -2.38. The standard InChI is InChI=1S/C25H28F3N3O3S/c1-14(2)34-23(33)20-21(18-11-15(3)7-8-16(18)4)31-17(12-19(32)30-9-5-6-10-30)13-35-24(31)29-22(20)25(26,27)28/h7-8,11,13-14,21H,5-6,9-10,12H2,1-4H3. The number of thioether (sulfide) groups is 1. The second-order valence-electron chi connectivity index (χ2n) is 9.23. The second kappa shape index (κ2) is 9.72. The van der Waals surface area contributed by atoms with Crippen molar-refractivity contribution in [1.82, 2.24) is 9.80 Å². The van der Waals surface area contributed by atoms with E-state index in [1.807, 2.05) is 19.1 Å². The SMILES string of the molecule is Cc1ccc(C)c(C2C(C(=O)OC(C)C)=C(C(F)(F)F)N=C3SC=C(CC(=O)N4CCCC4)N32)c1. The third kappa shape index (κ3) is 5.12. The van der Waals surface area contributed by atoms with Gasteiger partial charge in [-0.05, 0) is 57.1 Å². The van der Waals surface area contributed by atoms with E-state index in [2.05, 4.69) is 4.99 Å². The van der Waals surface area contributed by atoms with Crippen LogP contribution in [0.5, 0.6) is 0 Å². The number of allylic oxidation sites excluding steroid dienone is 1. The average molecular weight is 508 g/mol. The molecule has 0 aromatic heterocycles. The van der Waals surface area contributed by atoms with Crippen molar-refractivity contribution in [3.8, 4) is 0 Å². The van der Waals surface area contributed by atoms with Crippen molar-refractivity contribution in [2.75, 3.05) is 13.1 Å². The van der Waals surface area contributed by atoms with Crippen LogP contribution in [0.1, 0.15) is 55.8 Å². The van der Waals surface area contributed by atoms with Crippen molar-refractivity contribution in [3.05, 3.63) is 57.3 Å².